The molecule has 0 spiro atoms. The minimum atomic E-state index is 1.27. The van der Waals surface area contributed by atoms with Gasteiger partial charge in [-0.1, -0.05) is 97.1 Å². The molecule has 0 saturated carbocycles. The van der Waals surface area contributed by atoms with Crippen LogP contribution in [0.15, 0.2) is 121 Å². The maximum atomic E-state index is 2.41. The molecule has 230 valence electrons. The fraction of sp³-hybridized carbons (Fsp3) is 0.125. The van der Waals surface area contributed by atoms with Gasteiger partial charge in [0, 0.05) is 0 Å². The van der Waals surface area contributed by atoms with Gasteiger partial charge >= 0.3 is 0 Å². The molecule has 0 aliphatic heterocycles. The molecule has 0 radical (unpaired) electrons. The summed E-state index contributed by atoms with van der Waals surface area (Å²) in [5, 5.41) is 16.0. The topological polar surface area (TPSA) is 0 Å². The lowest BCUT2D eigenvalue weighted by Gasteiger charge is -2.17. The van der Waals surface area contributed by atoms with Gasteiger partial charge < -0.3 is 0 Å². The zero-order valence-electron chi connectivity index (χ0n) is 28.5. The van der Waals surface area contributed by atoms with Crippen LogP contribution in [0.2, 0.25) is 0 Å². The molecular weight excluding hydrogens is 577 g/mol. The summed E-state index contributed by atoms with van der Waals surface area (Å²) >= 11 is 0. The predicted octanol–water partition coefficient (Wildman–Crippen LogP) is 13.8. The Morgan fingerprint density at radius 2 is 0.417 bits per heavy atom. The third kappa shape index (κ3) is 4.09. The Bertz CT molecular complexity index is 2630. The first-order valence-corrected chi connectivity index (χ1v) is 17.1. The second-order valence-corrected chi connectivity index (χ2v) is 13.9. The number of rotatable bonds is 2. The van der Waals surface area contributed by atoms with Crippen molar-refractivity contribution in [2.75, 3.05) is 0 Å². The van der Waals surface area contributed by atoms with E-state index in [9.17, 15) is 0 Å². The molecule has 0 N–H and O–H groups in total. The molecule has 0 saturated heterocycles. The van der Waals surface area contributed by atoms with Gasteiger partial charge in [0.2, 0.25) is 0 Å². The van der Waals surface area contributed by atoms with Gasteiger partial charge in [0.25, 0.3) is 0 Å². The van der Waals surface area contributed by atoms with Crippen molar-refractivity contribution in [2.45, 2.75) is 41.5 Å². The molecule has 0 bridgehead atoms. The summed E-state index contributed by atoms with van der Waals surface area (Å²) in [5.74, 6) is 0. The van der Waals surface area contributed by atoms with Gasteiger partial charge in [-0.2, -0.15) is 0 Å². The fourth-order valence-corrected chi connectivity index (χ4v) is 8.38. The van der Waals surface area contributed by atoms with Gasteiger partial charge in [0.05, 0.1) is 0 Å². The first-order valence-electron chi connectivity index (χ1n) is 17.1. The molecule has 9 rings (SSSR count). The molecule has 9 aromatic carbocycles. The third-order valence-corrected chi connectivity index (χ3v) is 11.6. The summed E-state index contributed by atoms with van der Waals surface area (Å²) in [6.07, 6.45) is 0. The Hall–Kier alpha value is -5.46. The predicted molar refractivity (Wildman–Crippen MR) is 211 cm³/mol. The Morgan fingerprint density at radius 3 is 0.688 bits per heavy atom. The van der Waals surface area contributed by atoms with Crippen molar-refractivity contribution in [3.63, 3.8) is 0 Å². The third-order valence-electron chi connectivity index (χ3n) is 11.6. The van der Waals surface area contributed by atoms with E-state index < -0.39 is 0 Å². The van der Waals surface area contributed by atoms with E-state index in [2.05, 4.69) is 163 Å². The van der Waals surface area contributed by atoms with E-state index >= 15 is 0 Å². The van der Waals surface area contributed by atoms with Gasteiger partial charge in [0.15, 0.2) is 0 Å². The number of aryl methyl sites for hydroxylation is 6. The summed E-state index contributed by atoms with van der Waals surface area (Å²) < 4.78 is 0. The van der Waals surface area contributed by atoms with Gasteiger partial charge in [-0.25, -0.2) is 0 Å². The van der Waals surface area contributed by atoms with Crippen LogP contribution in [0.1, 0.15) is 33.4 Å². The zero-order chi connectivity index (χ0) is 32.8. The smallest absolute Gasteiger partial charge is 0.0102 e. The highest BCUT2D eigenvalue weighted by atomic mass is 14.2. The molecule has 0 heteroatoms. The standard InChI is InChI=1S/C48H38/c1-27-29(3)45-23-33(15-19-41(45)39-13-9-7-11-37(27)39)35-17-21-43-44-22-18-36(26-48(44)32(6)31(5)47(43)25-35)34-16-20-42-40-14-10-8-12-38(40)28(2)30(4)46(42)24-34/h7-26H,1-6H3. The van der Waals surface area contributed by atoms with Crippen LogP contribution in [0.3, 0.4) is 0 Å². The monoisotopic (exact) mass is 614 g/mol. The molecule has 0 aromatic heterocycles. The first kappa shape index (κ1) is 28.7. The van der Waals surface area contributed by atoms with Crippen LogP contribution < -0.4 is 0 Å². The van der Waals surface area contributed by atoms with Crippen molar-refractivity contribution in [2.24, 2.45) is 0 Å². The highest BCUT2D eigenvalue weighted by Crippen LogP contribution is 2.40. The minimum absolute atomic E-state index is 1.27. The van der Waals surface area contributed by atoms with Crippen molar-refractivity contribution in [1.82, 2.24) is 0 Å². The summed E-state index contributed by atoms with van der Waals surface area (Å²) in [4.78, 5) is 0. The minimum Gasteiger partial charge on any atom is -0.0616 e. The van der Waals surface area contributed by atoms with Crippen LogP contribution >= 0.6 is 0 Å². The maximum absolute atomic E-state index is 2.41. The highest BCUT2D eigenvalue weighted by molar-refractivity contribution is 6.15. The molecule has 0 unspecified atom stereocenters. The maximum Gasteiger partial charge on any atom is -0.0102 e. The molecule has 0 amide bonds. The second kappa shape index (κ2) is 10.5. The van der Waals surface area contributed by atoms with E-state index in [0.29, 0.717) is 0 Å². The Morgan fingerprint density at radius 1 is 0.208 bits per heavy atom. The lowest BCUT2D eigenvalue weighted by atomic mass is 9.87. The van der Waals surface area contributed by atoms with Crippen LogP contribution in [0, 0.1) is 41.5 Å². The van der Waals surface area contributed by atoms with Crippen LogP contribution in [0.5, 0.6) is 0 Å². The van der Waals surface area contributed by atoms with Crippen molar-refractivity contribution < 1.29 is 0 Å². The Kier molecular flexibility index (Phi) is 6.30. The molecule has 0 nitrogen and oxygen atoms in total. The number of fused-ring (bicyclic) bond motifs is 9. The van der Waals surface area contributed by atoms with Gasteiger partial charge in [-0.05, 0) is 186 Å². The summed E-state index contributed by atoms with van der Waals surface area (Å²) in [5.41, 5.74) is 13.2. The molecule has 9 aromatic rings. The van der Waals surface area contributed by atoms with Crippen LogP contribution in [-0.2, 0) is 0 Å². The van der Waals surface area contributed by atoms with Gasteiger partial charge in [-0.3, -0.25) is 0 Å². The van der Waals surface area contributed by atoms with Crippen LogP contribution in [-0.4, -0.2) is 0 Å². The highest BCUT2D eigenvalue weighted by Gasteiger charge is 2.15. The van der Waals surface area contributed by atoms with E-state index in [1.54, 1.807) is 0 Å². The van der Waals surface area contributed by atoms with Crippen LogP contribution in [0.4, 0.5) is 0 Å². The quantitative estimate of drug-likeness (QED) is 0.170. The average Bonchev–Trinajstić information content (AvgIpc) is 3.14. The largest absolute Gasteiger partial charge is 0.0616 e. The molecule has 0 heterocycles. The van der Waals surface area contributed by atoms with E-state index in [1.165, 1.54) is 120 Å². The number of hydrogen-bond donors (Lipinski definition) is 0. The van der Waals surface area contributed by atoms with Gasteiger partial charge in [-0.15, -0.1) is 0 Å². The van der Waals surface area contributed by atoms with E-state index in [4.69, 9.17) is 0 Å². The summed E-state index contributed by atoms with van der Waals surface area (Å²) in [7, 11) is 0. The first-order chi connectivity index (χ1) is 23.3. The SMILES string of the molecule is Cc1c(C)c2cc(-c3ccc4c(c3)c(C)c(C)c3cc(-c5ccc6c(c5)c(C)c(C)c5ccccc56)ccc34)ccc2c2ccccc12. The second-order valence-electron chi connectivity index (χ2n) is 13.9. The Labute approximate surface area is 282 Å². The molecule has 48 heavy (non-hydrogen) atoms. The normalized spacial score (nSPS) is 12.0. The molecule has 0 aliphatic rings. The fourth-order valence-electron chi connectivity index (χ4n) is 8.38. The van der Waals surface area contributed by atoms with Crippen molar-refractivity contribution >= 4 is 64.6 Å². The van der Waals surface area contributed by atoms with Crippen molar-refractivity contribution in [3.05, 3.63) is 155 Å². The average molecular weight is 615 g/mol. The summed E-state index contributed by atoms with van der Waals surface area (Å²) in [6.45, 7) is 13.6. The van der Waals surface area contributed by atoms with Crippen molar-refractivity contribution in [1.29, 1.82) is 0 Å². The molecule has 0 aliphatic carbocycles. The number of hydrogen-bond acceptors (Lipinski definition) is 0. The van der Waals surface area contributed by atoms with Crippen molar-refractivity contribution in [3.8, 4) is 22.3 Å². The molecular formula is C48H38. The van der Waals surface area contributed by atoms with E-state index in [-0.39, 0.29) is 0 Å². The molecule has 0 fully saturated rings. The lowest BCUT2D eigenvalue weighted by Crippen LogP contribution is -1.92. The summed E-state index contributed by atoms with van der Waals surface area (Å²) in [6, 6.07) is 45.8. The van der Waals surface area contributed by atoms with Crippen LogP contribution in [0.25, 0.3) is 86.9 Å². The molecule has 0 atom stereocenters. The van der Waals surface area contributed by atoms with Gasteiger partial charge in [0.1, 0.15) is 0 Å². The zero-order valence-corrected chi connectivity index (χ0v) is 28.5. The number of benzene rings is 9. The Balaban J connectivity index is 1.18. The van der Waals surface area contributed by atoms with E-state index in [0.717, 1.165) is 0 Å². The van der Waals surface area contributed by atoms with E-state index in [1.807, 2.05) is 0 Å². The lowest BCUT2D eigenvalue weighted by molar-refractivity contribution is 1.41.